The maximum atomic E-state index is 12.0. The Morgan fingerprint density at radius 2 is 1.80 bits per heavy atom. The van der Waals surface area contributed by atoms with Crippen LogP contribution in [0.2, 0.25) is 0 Å². The van der Waals surface area contributed by atoms with E-state index in [0.717, 1.165) is 32.1 Å². The van der Waals surface area contributed by atoms with Crippen LogP contribution >= 0.6 is 0 Å². The Bertz CT molecular complexity index is 513. The molecule has 0 aromatic heterocycles. The predicted molar refractivity (Wildman–Crippen MR) is 99.0 cm³/mol. The lowest BCUT2D eigenvalue weighted by Gasteiger charge is -2.35. The Hall–Kier alpha value is -1.79. The Morgan fingerprint density at radius 3 is 2.40 bits per heavy atom. The summed E-state index contributed by atoms with van der Waals surface area (Å²) < 4.78 is 11.0. The molecule has 2 rings (SSSR count). The summed E-state index contributed by atoms with van der Waals surface area (Å²) in [5.41, 5.74) is 1.18. The van der Waals surface area contributed by atoms with Gasteiger partial charge in [-0.2, -0.15) is 0 Å². The molecule has 1 fully saturated rings. The van der Waals surface area contributed by atoms with Crippen LogP contribution in [0.3, 0.4) is 0 Å². The van der Waals surface area contributed by atoms with Crippen LogP contribution in [0.4, 0.5) is 4.79 Å². The normalized spacial score (nSPS) is 16.5. The number of nitrogens with one attached hydrogen (secondary N) is 2. The topological polar surface area (TPSA) is 62.8 Å². The number of hydrogen-bond acceptors (Lipinski definition) is 4. The first-order chi connectivity index (χ1) is 12.1. The van der Waals surface area contributed by atoms with Crippen LogP contribution in [0.5, 0.6) is 5.75 Å². The van der Waals surface area contributed by atoms with E-state index in [1.54, 1.807) is 0 Å². The third-order valence-corrected chi connectivity index (χ3v) is 4.19. The fourth-order valence-corrected chi connectivity index (χ4v) is 2.85. The molecule has 6 nitrogen and oxygen atoms in total. The number of amides is 2. The molecule has 0 saturated carbocycles. The van der Waals surface area contributed by atoms with Gasteiger partial charge in [0, 0.05) is 26.2 Å². The molecule has 1 heterocycles. The zero-order valence-corrected chi connectivity index (χ0v) is 15.6. The summed E-state index contributed by atoms with van der Waals surface area (Å²) in [6.07, 6.45) is 0. The highest BCUT2D eigenvalue weighted by molar-refractivity contribution is 5.73. The molecule has 1 aliphatic rings. The molecule has 1 aromatic rings. The van der Waals surface area contributed by atoms with E-state index in [1.807, 2.05) is 19.1 Å². The van der Waals surface area contributed by atoms with Gasteiger partial charge in [-0.15, -0.1) is 0 Å². The maximum Gasteiger partial charge on any atom is 0.314 e. The molecule has 1 aliphatic heterocycles. The Kier molecular flexibility index (Phi) is 8.01. The lowest BCUT2D eigenvalue weighted by Crippen LogP contribution is -2.46. The van der Waals surface area contributed by atoms with Gasteiger partial charge in [0.2, 0.25) is 0 Å². The van der Waals surface area contributed by atoms with Crippen molar-refractivity contribution in [3.8, 4) is 5.75 Å². The summed E-state index contributed by atoms with van der Waals surface area (Å²) in [6.45, 7) is 11.2. The van der Waals surface area contributed by atoms with E-state index in [1.165, 1.54) is 5.56 Å². The monoisotopic (exact) mass is 349 g/mol. The maximum absolute atomic E-state index is 12.0. The molecule has 0 bridgehead atoms. The third kappa shape index (κ3) is 6.55. The summed E-state index contributed by atoms with van der Waals surface area (Å²) >= 11 is 0. The molecule has 2 amide bonds. The number of carbonyl (C=O) groups is 1. The second kappa shape index (κ2) is 10.3. The largest absolute Gasteiger partial charge is 0.494 e. The number of nitrogens with zero attached hydrogens (tertiary/aromatic N) is 1. The van der Waals surface area contributed by atoms with E-state index < -0.39 is 0 Å². The van der Waals surface area contributed by atoms with Crippen molar-refractivity contribution in [3.05, 3.63) is 29.8 Å². The number of benzene rings is 1. The molecule has 140 valence electrons. The SMILES string of the molecule is CCOc1ccc(C(CNC(=O)NCC(C)C)N2CCOCC2)cc1. The van der Waals surface area contributed by atoms with Crippen LogP contribution in [0.15, 0.2) is 24.3 Å². The quantitative estimate of drug-likeness (QED) is 0.757. The molecule has 0 aliphatic carbocycles. The second-order valence-corrected chi connectivity index (χ2v) is 6.65. The van der Waals surface area contributed by atoms with Gasteiger partial charge in [0.1, 0.15) is 5.75 Å². The van der Waals surface area contributed by atoms with Gasteiger partial charge in [-0.05, 0) is 30.5 Å². The minimum Gasteiger partial charge on any atom is -0.494 e. The van der Waals surface area contributed by atoms with Crippen molar-refractivity contribution >= 4 is 6.03 Å². The van der Waals surface area contributed by atoms with Crippen LogP contribution in [0, 0.1) is 5.92 Å². The first-order valence-electron chi connectivity index (χ1n) is 9.16. The molecule has 2 N–H and O–H groups in total. The summed E-state index contributed by atoms with van der Waals surface area (Å²) in [5, 5.41) is 5.91. The van der Waals surface area contributed by atoms with Gasteiger partial charge >= 0.3 is 6.03 Å². The number of urea groups is 1. The van der Waals surface area contributed by atoms with Crippen LogP contribution in [-0.4, -0.2) is 56.9 Å². The van der Waals surface area contributed by atoms with E-state index in [-0.39, 0.29) is 12.1 Å². The zero-order chi connectivity index (χ0) is 18.1. The van der Waals surface area contributed by atoms with Crippen LogP contribution < -0.4 is 15.4 Å². The molecule has 0 spiro atoms. The average molecular weight is 349 g/mol. The van der Waals surface area contributed by atoms with Crippen molar-refractivity contribution in [2.45, 2.75) is 26.8 Å². The molecular formula is C19H31N3O3. The van der Waals surface area contributed by atoms with E-state index in [9.17, 15) is 4.79 Å². The minimum absolute atomic E-state index is 0.113. The van der Waals surface area contributed by atoms with E-state index in [2.05, 4.69) is 41.5 Å². The van der Waals surface area contributed by atoms with Crippen LogP contribution in [0.1, 0.15) is 32.4 Å². The van der Waals surface area contributed by atoms with Gasteiger partial charge in [-0.1, -0.05) is 26.0 Å². The predicted octanol–water partition coefficient (Wildman–Crippen LogP) is 2.41. The molecule has 1 atom stereocenters. The molecular weight excluding hydrogens is 318 g/mol. The number of rotatable bonds is 8. The number of ether oxygens (including phenoxy) is 2. The molecule has 1 saturated heterocycles. The van der Waals surface area contributed by atoms with Crippen molar-refractivity contribution in [1.29, 1.82) is 0 Å². The van der Waals surface area contributed by atoms with E-state index in [0.29, 0.717) is 25.6 Å². The highest BCUT2D eigenvalue weighted by Crippen LogP contribution is 2.23. The van der Waals surface area contributed by atoms with Crippen LogP contribution in [-0.2, 0) is 4.74 Å². The van der Waals surface area contributed by atoms with Gasteiger partial charge in [0.15, 0.2) is 0 Å². The van der Waals surface area contributed by atoms with Gasteiger partial charge in [0.05, 0.1) is 25.9 Å². The highest BCUT2D eigenvalue weighted by atomic mass is 16.5. The molecule has 1 aromatic carbocycles. The Balaban J connectivity index is 2.00. The van der Waals surface area contributed by atoms with E-state index in [4.69, 9.17) is 9.47 Å². The van der Waals surface area contributed by atoms with Crippen LogP contribution in [0.25, 0.3) is 0 Å². The van der Waals surface area contributed by atoms with Gasteiger partial charge < -0.3 is 20.1 Å². The van der Waals surface area contributed by atoms with Gasteiger partial charge in [-0.25, -0.2) is 4.79 Å². The van der Waals surface area contributed by atoms with Gasteiger partial charge in [0.25, 0.3) is 0 Å². The lowest BCUT2D eigenvalue weighted by molar-refractivity contribution is 0.0167. The fourth-order valence-electron chi connectivity index (χ4n) is 2.85. The Labute approximate surface area is 150 Å². The van der Waals surface area contributed by atoms with Crippen molar-refractivity contribution in [2.24, 2.45) is 5.92 Å². The first kappa shape index (κ1) is 19.5. The lowest BCUT2D eigenvalue weighted by atomic mass is 10.0. The second-order valence-electron chi connectivity index (χ2n) is 6.65. The smallest absolute Gasteiger partial charge is 0.314 e. The summed E-state index contributed by atoms with van der Waals surface area (Å²) in [5.74, 6) is 1.31. The summed E-state index contributed by atoms with van der Waals surface area (Å²) in [6, 6.07) is 8.16. The summed E-state index contributed by atoms with van der Waals surface area (Å²) in [7, 11) is 0. The summed E-state index contributed by atoms with van der Waals surface area (Å²) in [4.78, 5) is 14.4. The number of carbonyl (C=O) groups excluding carboxylic acids is 1. The average Bonchev–Trinajstić information content (AvgIpc) is 2.62. The van der Waals surface area contributed by atoms with Crippen molar-refractivity contribution in [2.75, 3.05) is 46.0 Å². The molecule has 1 unspecified atom stereocenters. The first-order valence-corrected chi connectivity index (χ1v) is 9.16. The number of hydrogen-bond donors (Lipinski definition) is 2. The van der Waals surface area contributed by atoms with Crippen molar-refractivity contribution in [1.82, 2.24) is 15.5 Å². The molecule has 0 radical (unpaired) electrons. The molecule has 25 heavy (non-hydrogen) atoms. The Morgan fingerprint density at radius 1 is 1.16 bits per heavy atom. The highest BCUT2D eigenvalue weighted by Gasteiger charge is 2.23. The van der Waals surface area contributed by atoms with Crippen molar-refractivity contribution < 1.29 is 14.3 Å². The third-order valence-electron chi connectivity index (χ3n) is 4.19. The van der Waals surface area contributed by atoms with Crippen molar-refractivity contribution in [3.63, 3.8) is 0 Å². The molecule has 6 heteroatoms. The number of morpholine rings is 1. The fraction of sp³-hybridized carbons (Fsp3) is 0.632. The van der Waals surface area contributed by atoms with E-state index >= 15 is 0 Å². The zero-order valence-electron chi connectivity index (χ0n) is 15.6. The minimum atomic E-state index is -0.113. The standard InChI is InChI=1S/C19H31N3O3/c1-4-25-17-7-5-16(6-8-17)18(22-9-11-24-12-10-22)14-21-19(23)20-13-15(2)3/h5-8,15,18H,4,9-14H2,1-3H3,(H2,20,21,23). The van der Waals surface area contributed by atoms with Gasteiger partial charge in [-0.3, -0.25) is 4.90 Å².